The van der Waals surface area contributed by atoms with Gasteiger partial charge in [-0.3, -0.25) is 0 Å². The first-order valence-corrected chi connectivity index (χ1v) is 6.68. The topological polar surface area (TPSA) is 0 Å². The first kappa shape index (κ1) is 10.2. The van der Waals surface area contributed by atoms with E-state index in [1.807, 2.05) is 23.5 Å². The Morgan fingerprint density at radius 1 is 1.14 bits per heavy atom. The van der Waals surface area contributed by atoms with Gasteiger partial charge in [-0.15, -0.1) is 0 Å². The van der Waals surface area contributed by atoms with Crippen LogP contribution in [0.2, 0.25) is 0 Å². The highest BCUT2D eigenvalue weighted by Crippen LogP contribution is 2.50. The molecule has 0 saturated carbocycles. The third kappa shape index (κ3) is 2.37. The van der Waals surface area contributed by atoms with Gasteiger partial charge in [-0.25, -0.2) is 0 Å². The van der Waals surface area contributed by atoms with Crippen molar-refractivity contribution in [1.82, 2.24) is 0 Å². The zero-order valence-electron chi connectivity index (χ0n) is 8.32. The number of unbranched alkanes of at least 4 members (excludes halogenated alkanes) is 2. The fraction of sp³-hybridized carbons (Fsp3) is 0.333. The lowest BCUT2D eigenvalue weighted by atomic mass is 10.2. The molecule has 2 rings (SSSR count). The van der Waals surface area contributed by atoms with Crippen molar-refractivity contribution in [2.75, 3.05) is 0 Å². The molecule has 1 aromatic carbocycles. The van der Waals surface area contributed by atoms with Gasteiger partial charge in [-0.1, -0.05) is 61.5 Å². The normalized spacial score (nSPS) is 14.2. The summed E-state index contributed by atoms with van der Waals surface area (Å²) in [6.45, 7) is 2.24. The van der Waals surface area contributed by atoms with Crippen LogP contribution in [0.4, 0.5) is 0 Å². The van der Waals surface area contributed by atoms with Crippen molar-refractivity contribution in [3.8, 4) is 0 Å². The van der Waals surface area contributed by atoms with Gasteiger partial charge >= 0.3 is 0 Å². The molecule has 0 nitrogen and oxygen atoms in total. The van der Waals surface area contributed by atoms with Gasteiger partial charge in [0.2, 0.25) is 0 Å². The Morgan fingerprint density at radius 3 is 2.36 bits per heavy atom. The summed E-state index contributed by atoms with van der Waals surface area (Å²) < 4.78 is 1.46. The predicted molar refractivity (Wildman–Crippen MR) is 65.8 cm³/mol. The first-order valence-electron chi connectivity index (χ1n) is 5.05. The molecule has 1 aliphatic heterocycles. The average Bonchev–Trinajstić information content (AvgIpc) is 2.60. The quantitative estimate of drug-likeness (QED) is 0.666. The maximum absolute atomic E-state index is 2.37. The van der Waals surface area contributed by atoms with E-state index in [0.717, 1.165) is 0 Å². The van der Waals surface area contributed by atoms with Crippen molar-refractivity contribution < 1.29 is 0 Å². The maximum atomic E-state index is 2.37. The minimum Gasteiger partial charge on any atom is -0.0819 e. The SMILES string of the molecule is CCCCC=C1Sc2ccccc2S1. The maximum Gasteiger partial charge on any atom is 0.0459 e. The van der Waals surface area contributed by atoms with E-state index in [9.17, 15) is 0 Å². The molecule has 0 unspecified atom stereocenters. The van der Waals surface area contributed by atoms with Crippen molar-refractivity contribution in [1.29, 1.82) is 0 Å². The number of rotatable bonds is 3. The molecular weight excluding hydrogens is 208 g/mol. The van der Waals surface area contributed by atoms with Crippen molar-refractivity contribution in [2.24, 2.45) is 0 Å². The predicted octanol–water partition coefficient (Wildman–Crippen LogP) is 4.92. The highest BCUT2D eigenvalue weighted by atomic mass is 32.2. The van der Waals surface area contributed by atoms with Crippen LogP contribution in [0.5, 0.6) is 0 Å². The second kappa shape index (κ2) is 4.94. The van der Waals surface area contributed by atoms with E-state index in [-0.39, 0.29) is 0 Å². The smallest absolute Gasteiger partial charge is 0.0459 e. The van der Waals surface area contributed by atoms with Crippen molar-refractivity contribution in [3.63, 3.8) is 0 Å². The lowest BCUT2D eigenvalue weighted by Gasteiger charge is -1.93. The van der Waals surface area contributed by atoms with Crippen LogP contribution in [0.1, 0.15) is 26.2 Å². The zero-order valence-corrected chi connectivity index (χ0v) is 9.96. The number of benzene rings is 1. The first-order chi connectivity index (χ1) is 6.90. The Balaban J connectivity index is 2.01. The fourth-order valence-electron chi connectivity index (χ4n) is 1.36. The highest BCUT2D eigenvalue weighted by Gasteiger charge is 2.15. The number of allylic oxidation sites excluding steroid dienone is 1. The van der Waals surface area contributed by atoms with Gasteiger partial charge in [0.1, 0.15) is 0 Å². The largest absolute Gasteiger partial charge is 0.0819 e. The van der Waals surface area contributed by atoms with E-state index in [0.29, 0.717) is 0 Å². The lowest BCUT2D eigenvalue weighted by Crippen LogP contribution is -1.67. The number of hydrogen-bond acceptors (Lipinski definition) is 2. The van der Waals surface area contributed by atoms with Crippen LogP contribution in [-0.4, -0.2) is 0 Å². The third-order valence-electron chi connectivity index (χ3n) is 2.14. The van der Waals surface area contributed by atoms with Gasteiger partial charge in [0.15, 0.2) is 0 Å². The summed E-state index contributed by atoms with van der Waals surface area (Å²) in [7, 11) is 0. The molecule has 0 saturated heterocycles. The molecule has 0 amide bonds. The summed E-state index contributed by atoms with van der Waals surface area (Å²) in [5.41, 5.74) is 0. The standard InChI is InChI=1S/C12H14S2/c1-2-3-4-9-12-13-10-7-5-6-8-11(10)14-12/h5-9H,2-4H2,1H3. The van der Waals surface area contributed by atoms with Crippen LogP contribution >= 0.6 is 23.5 Å². The Bertz CT molecular complexity index is 315. The molecule has 74 valence electrons. The summed E-state index contributed by atoms with van der Waals surface area (Å²) in [4.78, 5) is 2.83. The molecule has 14 heavy (non-hydrogen) atoms. The fourth-order valence-corrected chi connectivity index (χ4v) is 3.79. The Kier molecular flexibility index (Phi) is 3.60. The second-order valence-corrected chi connectivity index (χ2v) is 5.74. The summed E-state index contributed by atoms with van der Waals surface area (Å²) in [5, 5.41) is 0. The summed E-state index contributed by atoms with van der Waals surface area (Å²) in [6.07, 6.45) is 6.19. The Morgan fingerprint density at radius 2 is 1.79 bits per heavy atom. The van der Waals surface area contributed by atoms with Crippen molar-refractivity contribution in [3.05, 3.63) is 34.6 Å². The van der Waals surface area contributed by atoms with E-state index in [4.69, 9.17) is 0 Å². The van der Waals surface area contributed by atoms with Gasteiger partial charge in [0, 0.05) is 14.0 Å². The average molecular weight is 222 g/mol. The summed E-state index contributed by atoms with van der Waals surface area (Å²) in [5.74, 6) is 0. The van der Waals surface area contributed by atoms with Crippen LogP contribution < -0.4 is 0 Å². The van der Waals surface area contributed by atoms with E-state index in [2.05, 4.69) is 37.3 Å². The van der Waals surface area contributed by atoms with Crippen LogP contribution in [0, 0.1) is 0 Å². The van der Waals surface area contributed by atoms with Crippen LogP contribution in [0.25, 0.3) is 0 Å². The van der Waals surface area contributed by atoms with E-state index in [1.165, 1.54) is 33.3 Å². The van der Waals surface area contributed by atoms with Gasteiger partial charge in [-0.05, 0) is 18.6 Å². The Labute approximate surface area is 94.2 Å². The van der Waals surface area contributed by atoms with Gasteiger partial charge in [0.25, 0.3) is 0 Å². The van der Waals surface area contributed by atoms with Crippen LogP contribution in [-0.2, 0) is 0 Å². The van der Waals surface area contributed by atoms with E-state index in [1.54, 1.807) is 0 Å². The molecule has 0 radical (unpaired) electrons. The summed E-state index contributed by atoms with van der Waals surface area (Å²) in [6, 6.07) is 8.63. The van der Waals surface area contributed by atoms with Gasteiger partial charge in [-0.2, -0.15) is 0 Å². The van der Waals surface area contributed by atoms with Crippen LogP contribution in [0.3, 0.4) is 0 Å². The van der Waals surface area contributed by atoms with Crippen LogP contribution in [0.15, 0.2) is 44.4 Å². The molecule has 1 aliphatic rings. The number of hydrogen-bond donors (Lipinski definition) is 0. The lowest BCUT2D eigenvalue weighted by molar-refractivity contribution is 0.815. The monoisotopic (exact) mass is 222 g/mol. The van der Waals surface area contributed by atoms with Gasteiger partial charge < -0.3 is 0 Å². The zero-order chi connectivity index (χ0) is 9.80. The molecular formula is C12H14S2. The summed E-state index contributed by atoms with van der Waals surface area (Å²) >= 11 is 3.82. The molecule has 2 heteroatoms. The molecule has 0 aromatic heterocycles. The molecule has 0 aliphatic carbocycles. The minimum absolute atomic E-state index is 1.22. The number of thioether (sulfide) groups is 2. The van der Waals surface area contributed by atoms with E-state index >= 15 is 0 Å². The Hall–Kier alpha value is -0.340. The molecule has 0 spiro atoms. The molecule has 0 N–H and O–H groups in total. The molecule has 1 aromatic rings. The van der Waals surface area contributed by atoms with Crippen molar-refractivity contribution >= 4 is 23.5 Å². The third-order valence-corrected chi connectivity index (χ3v) is 4.66. The molecule has 0 bridgehead atoms. The second-order valence-electron chi connectivity index (χ2n) is 3.32. The molecule has 0 fully saturated rings. The highest BCUT2D eigenvalue weighted by molar-refractivity contribution is 8.24. The van der Waals surface area contributed by atoms with E-state index < -0.39 is 0 Å². The minimum atomic E-state index is 1.22. The van der Waals surface area contributed by atoms with Gasteiger partial charge in [0.05, 0.1) is 0 Å². The van der Waals surface area contributed by atoms with Crippen molar-refractivity contribution in [2.45, 2.75) is 36.0 Å². The number of fused-ring (bicyclic) bond motifs is 1. The molecule has 0 atom stereocenters. The molecule has 1 heterocycles.